The van der Waals surface area contributed by atoms with Gasteiger partial charge in [-0.05, 0) is 38.1 Å². The van der Waals surface area contributed by atoms with E-state index in [2.05, 4.69) is 15.4 Å². The van der Waals surface area contributed by atoms with Gasteiger partial charge < -0.3 is 10.2 Å². The fraction of sp³-hybridized carbons (Fsp3) is 0.769. The molecule has 0 aliphatic carbocycles. The average molecular weight is 263 g/mol. The SMILES string of the molecule is O=C(Cn1cncn1)N1CCCC(C2CCCN2)C1. The molecule has 0 bridgehead atoms. The minimum Gasteiger partial charge on any atom is -0.341 e. The minimum absolute atomic E-state index is 0.160. The number of piperidine rings is 1. The van der Waals surface area contributed by atoms with Crippen molar-refractivity contribution in [2.75, 3.05) is 19.6 Å². The van der Waals surface area contributed by atoms with Crippen molar-refractivity contribution in [3.8, 4) is 0 Å². The number of carbonyl (C=O) groups excluding carboxylic acids is 1. The van der Waals surface area contributed by atoms with E-state index in [1.807, 2.05) is 4.90 Å². The lowest BCUT2D eigenvalue weighted by Gasteiger charge is -2.35. The zero-order valence-corrected chi connectivity index (χ0v) is 11.2. The highest BCUT2D eigenvalue weighted by Crippen LogP contribution is 2.24. The van der Waals surface area contributed by atoms with Gasteiger partial charge in [0, 0.05) is 19.1 Å². The maximum absolute atomic E-state index is 12.2. The molecule has 1 aromatic heterocycles. The van der Waals surface area contributed by atoms with Gasteiger partial charge in [-0.25, -0.2) is 9.67 Å². The molecule has 2 fully saturated rings. The van der Waals surface area contributed by atoms with Crippen LogP contribution in [0, 0.1) is 5.92 Å². The molecule has 0 saturated carbocycles. The molecule has 2 saturated heterocycles. The number of nitrogens with one attached hydrogen (secondary N) is 1. The molecule has 0 spiro atoms. The highest BCUT2D eigenvalue weighted by molar-refractivity contribution is 5.76. The summed E-state index contributed by atoms with van der Waals surface area (Å²) >= 11 is 0. The van der Waals surface area contributed by atoms with Gasteiger partial charge in [-0.15, -0.1) is 0 Å². The molecule has 19 heavy (non-hydrogen) atoms. The average Bonchev–Trinajstić information content (AvgIpc) is 3.12. The highest BCUT2D eigenvalue weighted by atomic mass is 16.2. The van der Waals surface area contributed by atoms with Crippen LogP contribution in [0.15, 0.2) is 12.7 Å². The van der Waals surface area contributed by atoms with Gasteiger partial charge in [0.1, 0.15) is 19.2 Å². The Labute approximate surface area is 113 Å². The number of carbonyl (C=O) groups is 1. The Balaban J connectivity index is 1.56. The Morgan fingerprint density at radius 3 is 3.05 bits per heavy atom. The first-order valence-electron chi connectivity index (χ1n) is 7.16. The van der Waals surface area contributed by atoms with Crippen LogP contribution in [0.5, 0.6) is 0 Å². The molecule has 1 N–H and O–H groups in total. The standard InChI is InChI=1S/C13H21N5O/c19-13(8-18-10-14-9-16-18)17-6-2-3-11(7-17)12-4-1-5-15-12/h9-12,15H,1-8H2. The van der Waals surface area contributed by atoms with Gasteiger partial charge in [0.05, 0.1) is 0 Å². The van der Waals surface area contributed by atoms with E-state index in [9.17, 15) is 4.79 Å². The van der Waals surface area contributed by atoms with Gasteiger partial charge in [-0.3, -0.25) is 4.79 Å². The number of nitrogens with zero attached hydrogens (tertiary/aromatic N) is 4. The molecule has 6 heteroatoms. The van der Waals surface area contributed by atoms with Crippen LogP contribution in [0.4, 0.5) is 0 Å². The molecule has 0 aromatic carbocycles. The fourth-order valence-corrected chi connectivity index (χ4v) is 3.23. The van der Waals surface area contributed by atoms with Crippen LogP contribution in [0.25, 0.3) is 0 Å². The van der Waals surface area contributed by atoms with E-state index < -0.39 is 0 Å². The summed E-state index contributed by atoms with van der Waals surface area (Å²) in [7, 11) is 0. The first kappa shape index (κ1) is 12.6. The Hall–Kier alpha value is -1.43. The molecular weight excluding hydrogens is 242 g/mol. The molecular formula is C13H21N5O. The molecule has 6 nitrogen and oxygen atoms in total. The quantitative estimate of drug-likeness (QED) is 0.850. The molecule has 3 rings (SSSR count). The van der Waals surface area contributed by atoms with E-state index in [0.29, 0.717) is 18.5 Å². The van der Waals surface area contributed by atoms with Gasteiger partial charge in [0.2, 0.25) is 5.91 Å². The zero-order chi connectivity index (χ0) is 13.1. The van der Waals surface area contributed by atoms with Crippen LogP contribution >= 0.6 is 0 Å². The fourth-order valence-electron chi connectivity index (χ4n) is 3.23. The number of amides is 1. The molecule has 1 amide bonds. The van der Waals surface area contributed by atoms with Crippen molar-refractivity contribution in [2.45, 2.75) is 38.3 Å². The zero-order valence-electron chi connectivity index (χ0n) is 11.2. The van der Waals surface area contributed by atoms with Gasteiger partial charge in [-0.1, -0.05) is 0 Å². The van der Waals surface area contributed by atoms with Crippen molar-refractivity contribution in [3.63, 3.8) is 0 Å². The van der Waals surface area contributed by atoms with Crippen LogP contribution in [0.1, 0.15) is 25.7 Å². The van der Waals surface area contributed by atoms with Gasteiger partial charge in [-0.2, -0.15) is 5.10 Å². The van der Waals surface area contributed by atoms with Gasteiger partial charge in [0.15, 0.2) is 0 Å². The third-order valence-corrected chi connectivity index (χ3v) is 4.24. The highest BCUT2D eigenvalue weighted by Gasteiger charge is 2.30. The Morgan fingerprint density at radius 2 is 2.32 bits per heavy atom. The van der Waals surface area contributed by atoms with Crippen molar-refractivity contribution in [1.82, 2.24) is 25.0 Å². The van der Waals surface area contributed by atoms with Crippen molar-refractivity contribution >= 4 is 5.91 Å². The summed E-state index contributed by atoms with van der Waals surface area (Å²) < 4.78 is 1.60. The van der Waals surface area contributed by atoms with Crippen molar-refractivity contribution in [2.24, 2.45) is 5.92 Å². The smallest absolute Gasteiger partial charge is 0.244 e. The topological polar surface area (TPSA) is 63.1 Å². The van der Waals surface area contributed by atoms with E-state index in [4.69, 9.17) is 0 Å². The molecule has 2 unspecified atom stereocenters. The summed E-state index contributed by atoms with van der Waals surface area (Å²) in [6.45, 7) is 3.22. The van der Waals surface area contributed by atoms with Crippen LogP contribution in [0.3, 0.4) is 0 Å². The van der Waals surface area contributed by atoms with Crippen molar-refractivity contribution in [1.29, 1.82) is 0 Å². The lowest BCUT2D eigenvalue weighted by atomic mass is 9.90. The summed E-state index contributed by atoms with van der Waals surface area (Å²) in [5.41, 5.74) is 0. The Kier molecular flexibility index (Phi) is 3.77. The second-order valence-corrected chi connectivity index (χ2v) is 5.54. The van der Waals surface area contributed by atoms with E-state index >= 15 is 0 Å². The molecule has 104 valence electrons. The van der Waals surface area contributed by atoms with E-state index in [1.165, 1.54) is 25.6 Å². The molecule has 2 aliphatic rings. The van der Waals surface area contributed by atoms with Crippen molar-refractivity contribution < 1.29 is 4.79 Å². The van der Waals surface area contributed by atoms with Crippen LogP contribution in [-0.2, 0) is 11.3 Å². The Morgan fingerprint density at radius 1 is 1.37 bits per heavy atom. The molecule has 1 aromatic rings. The monoisotopic (exact) mass is 263 g/mol. The minimum atomic E-state index is 0.160. The van der Waals surface area contributed by atoms with Crippen LogP contribution in [-0.4, -0.2) is 51.2 Å². The van der Waals surface area contributed by atoms with Crippen LogP contribution < -0.4 is 5.32 Å². The summed E-state index contributed by atoms with van der Waals surface area (Å²) in [6, 6.07) is 0.613. The number of hydrogen-bond donors (Lipinski definition) is 1. The van der Waals surface area contributed by atoms with Crippen LogP contribution in [0.2, 0.25) is 0 Å². The predicted octanol–water partition coefficient (Wildman–Crippen LogP) is 0.269. The third-order valence-electron chi connectivity index (χ3n) is 4.24. The number of rotatable bonds is 3. The third kappa shape index (κ3) is 2.94. The van der Waals surface area contributed by atoms with Crippen molar-refractivity contribution in [3.05, 3.63) is 12.7 Å². The summed E-state index contributed by atoms with van der Waals surface area (Å²) in [5, 5.41) is 7.56. The lowest BCUT2D eigenvalue weighted by molar-refractivity contribution is -0.134. The maximum Gasteiger partial charge on any atom is 0.244 e. The first-order valence-corrected chi connectivity index (χ1v) is 7.16. The molecule has 3 heterocycles. The van der Waals surface area contributed by atoms with Gasteiger partial charge in [0.25, 0.3) is 0 Å². The lowest BCUT2D eigenvalue weighted by Crippen LogP contribution is -2.46. The van der Waals surface area contributed by atoms with E-state index in [0.717, 1.165) is 26.1 Å². The number of hydrogen-bond acceptors (Lipinski definition) is 4. The molecule has 2 aliphatic heterocycles. The normalized spacial score (nSPS) is 27.7. The summed E-state index contributed by atoms with van der Waals surface area (Å²) in [5.74, 6) is 0.782. The number of aromatic nitrogens is 3. The summed E-state index contributed by atoms with van der Waals surface area (Å²) in [6.07, 6.45) is 7.95. The first-order chi connectivity index (χ1) is 9.33. The second-order valence-electron chi connectivity index (χ2n) is 5.54. The van der Waals surface area contributed by atoms with E-state index in [1.54, 1.807) is 11.0 Å². The molecule has 0 radical (unpaired) electrons. The predicted molar refractivity (Wildman–Crippen MR) is 70.4 cm³/mol. The van der Waals surface area contributed by atoms with Gasteiger partial charge >= 0.3 is 0 Å². The largest absolute Gasteiger partial charge is 0.341 e. The maximum atomic E-state index is 12.2. The second kappa shape index (κ2) is 5.69. The number of likely N-dealkylation sites (tertiary alicyclic amines) is 1. The summed E-state index contributed by atoms with van der Waals surface area (Å²) in [4.78, 5) is 18.1. The Bertz CT molecular complexity index is 413. The van der Waals surface area contributed by atoms with E-state index in [-0.39, 0.29) is 5.91 Å². The molecule has 2 atom stereocenters.